The first-order valence-electron chi connectivity index (χ1n) is 8.56. The third-order valence-corrected chi connectivity index (χ3v) is 4.34. The number of alkyl halides is 3. The van der Waals surface area contributed by atoms with Crippen LogP contribution in [0.4, 0.5) is 18.9 Å². The van der Waals surface area contributed by atoms with Crippen molar-refractivity contribution in [2.75, 3.05) is 18.1 Å². The molecule has 0 radical (unpaired) electrons. The second-order valence-corrected chi connectivity index (χ2v) is 6.62. The zero-order valence-electron chi connectivity index (χ0n) is 14.9. The third kappa shape index (κ3) is 5.77. The molecule has 0 spiro atoms. The number of hydrogen-bond acceptors (Lipinski definition) is 4. The van der Waals surface area contributed by atoms with E-state index in [1.165, 1.54) is 17.0 Å². The SMILES string of the molecule is O=C(COc1ccc(Cl)cc1)NC1CCN(c2cccc(OC(F)(F)F)c2)C1=O. The molecule has 10 heteroatoms. The number of hydrogen-bond donors (Lipinski definition) is 1. The first-order chi connectivity index (χ1) is 13.7. The van der Waals surface area contributed by atoms with E-state index in [4.69, 9.17) is 16.3 Å². The standard InChI is InChI=1S/C19H16ClF3N2O4/c20-12-4-6-14(7-5-12)28-11-17(26)24-16-8-9-25(18(16)27)13-2-1-3-15(10-13)29-19(21,22)23/h1-7,10,16H,8-9,11H2,(H,24,26). The predicted octanol–water partition coefficient (Wildman–Crippen LogP) is 3.54. The molecule has 1 atom stereocenters. The molecule has 0 aliphatic carbocycles. The molecule has 2 aromatic carbocycles. The predicted molar refractivity (Wildman–Crippen MR) is 99.0 cm³/mol. The molecule has 2 amide bonds. The van der Waals surface area contributed by atoms with Crippen molar-refractivity contribution in [1.29, 1.82) is 0 Å². The molecule has 0 bridgehead atoms. The lowest BCUT2D eigenvalue weighted by Crippen LogP contribution is -2.43. The molecule has 6 nitrogen and oxygen atoms in total. The van der Waals surface area contributed by atoms with Crippen LogP contribution in [0.3, 0.4) is 0 Å². The van der Waals surface area contributed by atoms with Crippen LogP contribution in [0.5, 0.6) is 11.5 Å². The highest BCUT2D eigenvalue weighted by atomic mass is 35.5. The van der Waals surface area contributed by atoms with Gasteiger partial charge in [0.25, 0.3) is 5.91 Å². The lowest BCUT2D eigenvalue weighted by atomic mass is 10.2. The minimum Gasteiger partial charge on any atom is -0.484 e. The van der Waals surface area contributed by atoms with Crippen molar-refractivity contribution >= 4 is 29.1 Å². The van der Waals surface area contributed by atoms with Crippen molar-refractivity contribution in [2.24, 2.45) is 0 Å². The van der Waals surface area contributed by atoms with E-state index in [-0.39, 0.29) is 18.8 Å². The Morgan fingerprint density at radius 1 is 1.17 bits per heavy atom. The van der Waals surface area contributed by atoms with Crippen molar-refractivity contribution in [1.82, 2.24) is 5.32 Å². The minimum absolute atomic E-state index is 0.247. The molecule has 2 aromatic rings. The van der Waals surface area contributed by atoms with E-state index in [0.29, 0.717) is 17.2 Å². The lowest BCUT2D eigenvalue weighted by molar-refractivity contribution is -0.274. The van der Waals surface area contributed by atoms with E-state index in [0.717, 1.165) is 12.1 Å². The van der Waals surface area contributed by atoms with Gasteiger partial charge >= 0.3 is 6.36 Å². The number of carbonyl (C=O) groups excluding carboxylic acids is 2. The average molecular weight is 429 g/mol. The van der Waals surface area contributed by atoms with E-state index in [2.05, 4.69) is 10.1 Å². The molecule has 154 valence electrons. The summed E-state index contributed by atoms with van der Waals surface area (Å²) in [5.74, 6) is -0.889. The van der Waals surface area contributed by atoms with Crippen molar-refractivity contribution in [3.05, 3.63) is 53.6 Å². The van der Waals surface area contributed by atoms with Crippen LogP contribution in [-0.4, -0.2) is 37.4 Å². The molecule has 0 saturated carbocycles. The topological polar surface area (TPSA) is 67.9 Å². The van der Waals surface area contributed by atoms with Gasteiger partial charge in [-0.25, -0.2) is 0 Å². The summed E-state index contributed by atoms with van der Waals surface area (Å²) in [7, 11) is 0. The van der Waals surface area contributed by atoms with Crippen LogP contribution < -0.4 is 19.7 Å². The van der Waals surface area contributed by atoms with Gasteiger partial charge in [0.1, 0.15) is 17.5 Å². The molecule has 1 heterocycles. The molecule has 1 N–H and O–H groups in total. The molecule has 1 aliphatic heterocycles. The number of carbonyl (C=O) groups is 2. The maximum atomic E-state index is 12.5. The van der Waals surface area contributed by atoms with Crippen molar-refractivity contribution in [2.45, 2.75) is 18.8 Å². The fraction of sp³-hybridized carbons (Fsp3) is 0.263. The first-order valence-corrected chi connectivity index (χ1v) is 8.94. The number of amides is 2. The number of anilines is 1. The summed E-state index contributed by atoms with van der Waals surface area (Å²) in [5.41, 5.74) is 0.255. The first kappa shape index (κ1) is 20.8. The molecule has 29 heavy (non-hydrogen) atoms. The van der Waals surface area contributed by atoms with Gasteiger partial charge in [0.15, 0.2) is 6.61 Å². The van der Waals surface area contributed by atoms with E-state index < -0.39 is 30.0 Å². The van der Waals surface area contributed by atoms with Gasteiger partial charge in [-0.15, -0.1) is 13.2 Å². The highest BCUT2D eigenvalue weighted by Gasteiger charge is 2.35. The van der Waals surface area contributed by atoms with Crippen LogP contribution >= 0.6 is 11.6 Å². The maximum Gasteiger partial charge on any atom is 0.573 e. The Bertz CT molecular complexity index is 890. The van der Waals surface area contributed by atoms with Gasteiger partial charge in [-0.2, -0.15) is 0 Å². The van der Waals surface area contributed by atoms with Gasteiger partial charge in [0.2, 0.25) is 5.91 Å². The number of nitrogens with zero attached hydrogens (tertiary/aromatic N) is 1. The van der Waals surface area contributed by atoms with Gasteiger partial charge in [-0.3, -0.25) is 9.59 Å². The number of halogens is 4. The molecule has 3 rings (SSSR count). The Balaban J connectivity index is 1.56. The van der Waals surface area contributed by atoms with Crippen LogP contribution in [0.1, 0.15) is 6.42 Å². The van der Waals surface area contributed by atoms with Gasteiger partial charge < -0.3 is 19.7 Å². The Kier molecular flexibility index (Phi) is 6.17. The van der Waals surface area contributed by atoms with Crippen molar-refractivity contribution in [3.63, 3.8) is 0 Å². The Hall–Kier alpha value is -2.94. The van der Waals surface area contributed by atoms with Crippen molar-refractivity contribution < 1.29 is 32.2 Å². The molecule has 1 fully saturated rings. The molecule has 1 saturated heterocycles. The summed E-state index contributed by atoms with van der Waals surface area (Å²) >= 11 is 5.77. The Labute approximate surface area is 169 Å². The fourth-order valence-electron chi connectivity index (χ4n) is 2.83. The van der Waals surface area contributed by atoms with Gasteiger partial charge in [-0.05, 0) is 42.8 Å². The highest BCUT2D eigenvalue weighted by molar-refractivity contribution is 6.30. The molecule has 1 unspecified atom stereocenters. The van der Waals surface area contributed by atoms with E-state index in [1.54, 1.807) is 24.3 Å². The monoisotopic (exact) mass is 428 g/mol. The van der Waals surface area contributed by atoms with Crippen LogP contribution in [0, 0.1) is 0 Å². The lowest BCUT2D eigenvalue weighted by Gasteiger charge is -2.18. The zero-order valence-corrected chi connectivity index (χ0v) is 15.7. The molecular weight excluding hydrogens is 413 g/mol. The van der Waals surface area contributed by atoms with Crippen LogP contribution in [0.15, 0.2) is 48.5 Å². The molecular formula is C19H16ClF3N2O4. The van der Waals surface area contributed by atoms with E-state index in [1.807, 2.05) is 0 Å². The molecule has 1 aliphatic rings. The summed E-state index contributed by atoms with van der Waals surface area (Å²) in [6.45, 7) is -0.0440. The third-order valence-electron chi connectivity index (χ3n) is 4.09. The zero-order chi connectivity index (χ0) is 21.0. The summed E-state index contributed by atoms with van der Waals surface area (Å²) in [6, 6.07) is 10.8. The number of benzene rings is 2. The van der Waals surface area contributed by atoms with E-state index >= 15 is 0 Å². The summed E-state index contributed by atoms with van der Waals surface area (Å²) in [4.78, 5) is 25.9. The average Bonchev–Trinajstić information content (AvgIpc) is 3.00. The Morgan fingerprint density at radius 3 is 2.59 bits per heavy atom. The summed E-state index contributed by atoms with van der Waals surface area (Å²) in [5, 5.41) is 3.10. The second-order valence-electron chi connectivity index (χ2n) is 6.19. The molecule has 0 aromatic heterocycles. The van der Waals surface area contributed by atoms with Crippen LogP contribution in [0.2, 0.25) is 5.02 Å². The van der Waals surface area contributed by atoms with Crippen LogP contribution in [-0.2, 0) is 9.59 Å². The summed E-state index contributed by atoms with van der Waals surface area (Å²) in [6.07, 6.45) is -4.51. The largest absolute Gasteiger partial charge is 0.573 e. The normalized spacial score (nSPS) is 16.6. The number of nitrogens with one attached hydrogen (secondary N) is 1. The highest BCUT2D eigenvalue weighted by Crippen LogP contribution is 2.29. The number of rotatable bonds is 6. The smallest absolute Gasteiger partial charge is 0.484 e. The van der Waals surface area contributed by atoms with Crippen molar-refractivity contribution in [3.8, 4) is 11.5 Å². The van der Waals surface area contributed by atoms with Gasteiger partial charge in [0, 0.05) is 23.3 Å². The van der Waals surface area contributed by atoms with Gasteiger partial charge in [0.05, 0.1) is 0 Å². The fourth-order valence-corrected chi connectivity index (χ4v) is 2.96. The van der Waals surface area contributed by atoms with Crippen LogP contribution in [0.25, 0.3) is 0 Å². The quantitative estimate of drug-likeness (QED) is 0.764. The summed E-state index contributed by atoms with van der Waals surface area (Å²) < 4.78 is 46.3. The van der Waals surface area contributed by atoms with Gasteiger partial charge in [-0.1, -0.05) is 17.7 Å². The number of ether oxygens (including phenoxy) is 2. The Morgan fingerprint density at radius 2 is 1.90 bits per heavy atom. The van der Waals surface area contributed by atoms with E-state index in [9.17, 15) is 22.8 Å². The second kappa shape index (κ2) is 8.60. The maximum absolute atomic E-state index is 12.5. The minimum atomic E-state index is -4.83.